The maximum Gasteiger partial charge on any atom is 0.152 e. The van der Waals surface area contributed by atoms with Crippen LogP contribution in [0, 0.1) is 18.6 Å². The fourth-order valence-corrected chi connectivity index (χ4v) is 2.27. The smallest absolute Gasteiger partial charge is 0.152 e. The lowest BCUT2D eigenvalue weighted by molar-refractivity contribution is 0.582. The van der Waals surface area contributed by atoms with Gasteiger partial charge in [-0.15, -0.1) is 0 Å². The van der Waals surface area contributed by atoms with Crippen LogP contribution in [0.1, 0.15) is 11.1 Å². The van der Waals surface area contributed by atoms with Crippen LogP contribution in [0.15, 0.2) is 34.8 Å². The lowest BCUT2D eigenvalue weighted by Crippen LogP contribution is -2.05. The van der Waals surface area contributed by atoms with Crippen molar-refractivity contribution in [2.75, 3.05) is 5.32 Å². The first kappa shape index (κ1) is 14.3. The van der Waals surface area contributed by atoms with Crippen LogP contribution < -0.4 is 5.32 Å². The highest BCUT2D eigenvalue weighted by Gasteiger charge is 2.11. The van der Waals surface area contributed by atoms with E-state index in [0.717, 1.165) is 10.0 Å². The van der Waals surface area contributed by atoms with E-state index in [-0.39, 0.29) is 12.2 Å². The minimum absolute atomic E-state index is 0.129. The molecule has 0 aliphatic rings. The van der Waals surface area contributed by atoms with Crippen LogP contribution in [0.3, 0.4) is 0 Å². The summed E-state index contributed by atoms with van der Waals surface area (Å²) >= 11 is 9.35. The second-order valence-electron chi connectivity index (χ2n) is 4.14. The number of nitrogens with one attached hydrogen (secondary N) is 1. The molecule has 1 N–H and O–H groups in total. The number of hydrogen-bond acceptors (Lipinski definition) is 1. The summed E-state index contributed by atoms with van der Waals surface area (Å²) in [7, 11) is 0. The van der Waals surface area contributed by atoms with Gasteiger partial charge < -0.3 is 5.32 Å². The quantitative estimate of drug-likeness (QED) is 0.795. The standard InChI is InChI=1S/C14H11BrClF2N/c1-8-2-5-12(17)14(13(8)18)19-7-9-6-10(15)3-4-11(9)16/h2-6,19H,7H2,1H3. The fraction of sp³-hybridized carbons (Fsp3) is 0.143. The summed E-state index contributed by atoms with van der Waals surface area (Å²) in [4.78, 5) is 0. The Kier molecular flexibility index (Phi) is 4.42. The van der Waals surface area contributed by atoms with Crippen LogP contribution in [0.4, 0.5) is 14.5 Å². The van der Waals surface area contributed by atoms with Gasteiger partial charge >= 0.3 is 0 Å². The van der Waals surface area contributed by atoms with Crippen LogP contribution in [0.2, 0.25) is 5.02 Å². The first-order valence-corrected chi connectivity index (χ1v) is 6.78. The van der Waals surface area contributed by atoms with Crippen molar-refractivity contribution in [3.63, 3.8) is 0 Å². The highest BCUT2D eigenvalue weighted by atomic mass is 79.9. The Morgan fingerprint density at radius 3 is 2.68 bits per heavy atom. The molecule has 5 heteroatoms. The largest absolute Gasteiger partial charge is 0.376 e. The van der Waals surface area contributed by atoms with Gasteiger partial charge in [-0.2, -0.15) is 0 Å². The first-order valence-electron chi connectivity index (χ1n) is 5.61. The average molecular weight is 347 g/mol. The Labute approximate surface area is 123 Å². The minimum Gasteiger partial charge on any atom is -0.376 e. The molecule has 2 aromatic carbocycles. The summed E-state index contributed by atoms with van der Waals surface area (Å²) in [6.07, 6.45) is 0. The molecule has 0 atom stereocenters. The molecule has 0 radical (unpaired) electrons. The Morgan fingerprint density at radius 2 is 1.95 bits per heavy atom. The van der Waals surface area contributed by atoms with Gasteiger partial charge in [0, 0.05) is 16.0 Å². The van der Waals surface area contributed by atoms with E-state index in [1.807, 2.05) is 0 Å². The van der Waals surface area contributed by atoms with Gasteiger partial charge in [-0.1, -0.05) is 33.6 Å². The number of benzene rings is 2. The van der Waals surface area contributed by atoms with Gasteiger partial charge in [-0.05, 0) is 42.3 Å². The van der Waals surface area contributed by atoms with Crippen molar-refractivity contribution in [2.45, 2.75) is 13.5 Å². The van der Waals surface area contributed by atoms with Crippen molar-refractivity contribution in [3.05, 3.63) is 62.6 Å². The van der Waals surface area contributed by atoms with Gasteiger partial charge in [0.15, 0.2) is 5.82 Å². The number of anilines is 1. The number of halogens is 4. The fourth-order valence-electron chi connectivity index (χ4n) is 1.68. The van der Waals surface area contributed by atoms with E-state index < -0.39 is 11.6 Å². The molecule has 0 unspecified atom stereocenters. The topological polar surface area (TPSA) is 12.0 Å². The molecule has 0 aliphatic heterocycles. The molecule has 0 fully saturated rings. The molecule has 2 aromatic rings. The van der Waals surface area contributed by atoms with Gasteiger partial charge in [0.1, 0.15) is 11.5 Å². The van der Waals surface area contributed by atoms with Gasteiger partial charge in [0.25, 0.3) is 0 Å². The molecule has 0 spiro atoms. The molecule has 19 heavy (non-hydrogen) atoms. The van der Waals surface area contributed by atoms with Gasteiger partial charge in [0.2, 0.25) is 0 Å². The third kappa shape index (κ3) is 3.25. The molecule has 1 nitrogen and oxygen atoms in total. The van der Waals surface area contributed by atoms with Crippen LogP contribution in [-0.4, -0.2) is 0 Å². The Balaban J connectivity index is 2.24. The maximum atomic E-state index is 13.8. The van der Waals surface area contributed by atoms with Crippen molar-refractivity contribution in [3.8, 4) is 0 Å². The van der Waals surface area contributed by atoms with E-state index in [1.54, 1.807) is 25.1 Å². The van der Waals surface area contributed by atoms with Crippen LogP contribution in [0.5, 0.6) is 0 Å². The van der Waals surface area contributed by atoms with Crippen molar-refractivity contribution in [1.29, 1.82) is 0 Å². The molecule has 0 saturated heterocycles. The zero-order valence-electron chi connectivity index (χ0n) is 10.1. The summed E-state index contributed by atoms with van der Waals surface area (Å²) < 4.78 is 28.2. The average Bonchev–Trinajstić information content (AvgIpc) is 2.38. The maximum absolute atomic E-state index is 13.8. The van der Waals surface area contributed by atoms with Crippen molar-refractivity contribution in [2.24, 2.45) is 0 Å². The molecule has 100 valence electrons. The van der Waals surface area contributed by atoms with Crippen molar-refractivity contribution < 1.29 is 8.78 Å². The minimum atomic E-state index is -0.616. The second kappa shape index (κ2) is 5.88. The molecule has 0 heterocycles. The lowest BCUT2D eigenvalue weighted by Gasteiger charge is -2.11. The van der Waals surface area contributed by atoms with E-state index in [4.69, 9.17) is 11.6 Å². The van der Waals surface area contributed by atoms with E-state index in [2.05, 4.69) is 21.2 Å². The molecule has 0 aromatic heterocycles. The summed E-state index contributed by atoms with van der Waals surface area (Å²) in [6, 6.07) is 7.98. The van der Waals surface area contributed by atoms with E-state index in [0.29, 0.717) is 10.6 Å². The summed E-state index contributed by atoms with van der Waals surface area (Å²) in [5, 5.41) is 3.30. The van der Waals surface area contributed by atoms with Crippen molar-refractivity contribution >= 4 is 33.2 Å². The Morgan fingerprint density at radius 1 is 1.21 bits per heavy atom. The van der Waals surface area contributed by atoms with E-state index in [1.165, 1.54) is 12.1 Å². The highest BCUT2D eigenvalue weighted by molar-refractivity contribution is 9.10. The van der Waals surface area contributed by atoms with Crippen LogP contribution >= 0.6 is 27.5 Å². The molecule has 0 bridgehead atoms. The highest BCUT2D eigenvalue weighted by Crippen LogP contribution is 2.25. The van der Waals surface area contributed by atoms with Gasteiger partial charge in [0.05, 0.1) is 0 Å². The molecule has 0 saturated carbocycles. The predicted molar refractivity (Wildman–Crippen MR) is 77.6 cm³/mol. The lowest BCUT2D eigenvalue weighted by atomic mass is 10.1. The zero-order valence-corrected chi connectivity index (χ0v) is 12.4. The third-order valence-corrected chi connectivity index (χ3v) is 3.61. The van der Waals surface area contributed by atoms with Crippen LogP contribution in [-0.2, 0) is 6.54 Å². The number of hydrogen-bond donors (Lipinski definition) is 1. The molecular weight excluding hydrogens is 336 g/mol. The second-order valence-corrected chi connectivity index (χ2v) is 5.47. The van der Waals surface area contributed by atoms with Crippen molar-refractivity contribution in [1.82, 2.24) is 0 Å². The normalized spacial score (nSPS) is 10.6. The van der Waals surface area contributed by atoms with Gasteiger partial charge in [-0.3, -0.25) is 0 Å². The number of rotatable bonds is 3. The number of aryl methyl sites for hydroxylation is 1. The Bertz CT molecular complexity index is 617. The van der Waals surface area contributed by atoms with Crippen LogP contribution in [0.25, 0.3) is 0 Å². The summed E-state index contributed by atoms with van der Waals surface area (Å²) in [5.41, 5.74) is 1.02. The SMILES string of the molecule is Cc1ccc(F)c(NCc2cc(Br)ccc2Cl)c1F. The zero-order chi connectivity index (χ0) is 14.0. The van der Waals surface area contributed by atoms with E-state index >= 15 is 0 Å². The molecule has 0 aliphatic carbocycles. The molecular formula is C14H11BrClF2N. The molecule has 0 amide bonds. The predicted octanol–water partition coefficient (Wildman–Crippen LogP) is 5.30. The summed E-state index contributed by atoms with van der Waals surface area (Å²) in [5.74, 6) is -1.19. The van der Waals surface area contributed by atoms with E-state index in [9.17, 15) is 8.78 Å². The summed E-state index contributed by atoms with van der Waals surface area (Å²) in [6.45, 7) is 1.83. The monoisotopic (exact) mass is 345 g/mol. The first-order chi connectivity index (χ1) is 8.99. The van der Waals surface area contributed by atoms with Gasteiger partial charge in [-0.25, -0.2) is 8.78 Å². The molecule has 2 rings (SSSR count). The third-order valence-electron chi connectivity index (χ3n) is 2.75. The Hall–Kier alpha value is -1.13.